The fraction of sp³-hybridized carbons (Fsp3) is 0.276. The van der Waals surface area contributed by atoms with Crippen molar-refractivity contribution in [3.63, 3.8) is 0 Å². The molecule has 44 heteroatoms. The van der Waals surface area contributed by atoms with Crippen molar-refractivity contribution >= 4 is 181 Å². The number of aliphatic hydroxyl groups is 1. The van der Waals surface area contributed by atoms with Gasteiger partial charge in [-0.05, 0) is 230 Å². The van der Waals surface area contributed by atoms with Gasteiger partial charge in [0.1, 0.15) is 61.6 Å². The summed E-state index contributed by atoms with van der Waals surface area (Å²) in [6, 6.07) is 75.3. The topological polar surface area (TPSA) is 476 Å². The van der Waals surface area contributed by atoms with Crippen molar-refractivity contribution in [1.82, 2.24) is 39.7 Å². The number of benzene rings is 10. The molecule has 0 atom stereocenters. The largest absolute Gasteiger partial charge is 1.00 e. The van der Waals surface area contributed by atoms with Crippen LogP contribution in [0.2, 0.25) is 10.0 Å². The molecule has 13 aromatic rings. The van der Waals surface area contributed by atoms with Crippen LogP contribution in [0.1, 0.15) is 52.9 Å². The first-order valence-electron chi connectivity index (χ1n) is 44.2. The number of carbonyl (C=O) groups excluding carboxylic acids is 3. The van der Waals surface area contributed by atoms with Crippen LogP contribution in [0.5, 0.6) is 34.5 Å². The number of ether oxygens (including phenoxy) is 5. The van der Waals surface area contributed by atoms with Crippen LogP contribution in [0.15, 0.2) is 284 Å². The van der Waals surface area contributed by atoms with Crippen molar-refractivity contribution < 1.29 is 102 Å². The molecule has 794 valence electrons. The molecule has 0 fully saturated rings. The zero-order valence-electron chi connectivity index (χ0n) is 84.2. The van der Waals surface area contributed by atoms with E-state index in [1.807, 2.05) is 231 Å². The molecule has 0 aliphatic carbocycles. The number of para-hydroxylation sites is 14. The summed E-state index contributed by atoms with van der Waals surface area (Å²) in [6.45, 7) is 9.45. The molecule has 13 rings (SSSR count). The quantitative estimate of drug-likeness (QED) is 0.00218. The molecular formula is C105H129BrCl2N17NaO19S4. The first-order chi connectivity index (χ1) is 69.8. The van der Waals surface area contributed by atoms with Gasteiger partial charge in [0.05, 0.1) is 77.1 Å². The number of aromatic hydroxyl groups is 1. The number of aliphatic imine (C=N–C) groups is 1. The van der Waals surface area contributed by atoms with Gasteiger partial charge in [0.25, 0.3) is 11.8 Å². The Morgan fingerprint density at radius 1 is 0.530 bits per heavy atom. The predicted molar refractivity (Wildman–Crippen MR) is 608 cm³/mol. The second kappa shape index (κ2) is 78.1. The molecule has 0 radical (unpaired) electrons. The summed E-state index contributed by atoms with van der Waals surface area (Å²) in [5, 5.41) is 72.3. The van der Waals surface area contributed by atoms with E-state index in [-0.39, 0.29) is 107 Å². The van der Waals surface area contributed by atoms with Gasteiger partial charge in [-0.3, -0.25) is 39.9 Å². The smallest absolute Gasteiger partial charge is 0.857 e. The number of fused-ring (bicyclic) bond motifs is 2. The van der Waals surface area contributed by atoms with Gasteiger partial charge in [0, 0.05) is 85.6 Å². The third kappa shape index (κ3) is 55.1. The van der Waals surface area contributed by atoms with Gasteiger partial charge in [0.2, 0.25) is 0 Å². The first-order valence-corrected chi connectivity index (χ1v) is 48.1. The standard InChI is InChI=1S/C22H20ClN3O3S.C18H21N3O2S.C11H6BrClO3.C11H17N3OS.C10H14N2O3.C10H16N2O.C8H5NOS.C6H5NO3.C4H11NO.C2H3N.CH3O.2CH4.Na/c1-26(2)10-11-28-19-9-4-3-8-17(19)24-22-25-18(13-30-22)15-12-14-6-5-7-16(23)20(14)29-21(15)27;1-21(2)12-13-23-16-11-7-6-10-15(16)19-18(24)20-17(22)14-8-4-3-5-9-14;12-5-9(14)7-4-6-2-1-3-8(13)10(6)16-11(7)15;1-14(2)7-8-15-10-6-4-3-5-9(10)13-11(12)16;1-11(2)7-8-15-10-6-4-3-5-9(10)12(13)14;1-12(2)7-8-13-10-6-4-3-5-9(10)11;10-8(9-6-11)7-4-2-1-3-5-7;8-6-4-2-1-3-5(6)7(9)10;1-5(2)3-4-6;1-2-3;1-2;;;/h3-9,12-13H,10-11H2,1-2H3,(H,24,25);3-11H,12-13H2,1-2H3,(H2,19,20,22,24);1-4H,5H2;3-6H,7-8H2,1-2H3,(H3,12,13,16);3-6H,7-8H2,1-2H3;3-6H,7-8,11H2,1-2H3;1-5H;1-4,8H;6H,3-4H2,1-2H3;1H3;1H3;2*1H4;/q;;;;;;;;;;-1;;;+1. The minimum Gasteiger partial charge on any atom is -0.857 e. The van der Waals surface area contributed by atoms with Crippen LogP contribution in [-0.2, 0) is 0 Å². The van der Waals surface area contributed by atoms with E-state index in [1.165, 1.54) is 54.7 Å². The Hall–Kier alpha value is -13.1. The number of nitro benzene ring substituents is 2. The number of aromatic nitrogens is 1. The van der Waals surface area contributed by atoms with E-state index in [1.54, 1.807) is 103 Å². The second-order valence-corrected chi connectivity index (χ2v) is 34.3. The minimum absolute atomic E-state index is 0. The number of thiazole rings is 1. The number of rotatable bonds is 33. The number of phenolic OH excluding ortho intramolecular Hbond substituents is 1. The van der Waals surface area contributed by atoms with Gasteiger partial charge in [0.15, 0.2) is 43.8 Å². The minimum atomic E-state index is -0.662. The number of thiocarbonyl (C=S) groups is 3. The van der Waals surface area contributed by atoms with E-state index in [2.05, 4.69) is 74.1 Å². The third-order valence-corrected chi connectivity index (χ3v) is 20.3. The Kier molecular flexibility index (Phi) is 71.3. The molecule has 0 spiro atoms. The Morgan fingerprint density at radius 2 is 0.906 bits per heavy atom. The van der Waals surface area contributed by atoms with Crippen LogP contribution in [-0.4, -0.2) is 263 Å². The van der Waals surface area contributed by atoms with E-state index in [9.17, 15) is 44.2 Å². The van der Waals surface area contributed by atoms with Crippen LogP contribution in [0.3, 0.4) is 0 Å². The number of Topliss-reactive ketones (excluding diaryl/α,β-unsaturated/α-hetero) is 1. The zero-order valence-corrected chi connectivity index (χ0v) is 92.6. The van der Waals surface area contributed by atoms with E-state index < -0.39 is 21.1 Å². The van der Waals surface area contributed by atoms with Crippen LogP contribution >= 0.6 is 87.1 Å². The number of nitrogen functional groups attached to an aromatic ring is 1. The number of nitrogens with one attached hydrogen (secondary N) is 4. The predicted octanol–water partition coefficient (Wildman–Crippen LogP) is 15.6. The van der Waals surface area contributed by atoms with E-state index in [4.69, 9.17) is 112 Å². The number of carbonyl (C=O) groups is 3. The summed E-state index contributed by atoms with van der Waals surface area (Å²) >= 11 is 30.7. The molecule has 3 aromatic heterocycles. The van der Waals surface area contributed by atoms with E-state index in [0.717, 1.165) is 86.1 Å². The average Bonchev–Trinajstić information content (AvgIpc) is 1.79. The third-order valence-electron chi connectivity index (χ3n) is 18.1. The van der Waals surface area contributed by atoms with Gasteiger partial charge in [-0.15, -0.1) is 11.3 Å². The number of aliphatic hydroxyl groups excluding tert-OH is 1. The van der Waals surface area contributed by atoms with Crippen molar-refractivity contribution in [2.75, 3.05) is 198 Å². The van der Waals surface area contributed by atoms with Crippen LogP contribution in [0.25, 0.3) is 33.2 Å². The molecule has 10 N–H and O–H groups in total. The monoisotopic (exact) mass is 2230 g/mol. The maximum absolute atomic E-state index is 12.5. The number of ketones is 1. The summed E-state index contributed by atoms with van der Waals surface area (Å²) < 4.78 is 38.5. The number of anilines is 5. The Morgan fingerprint density at radius 3 is 1.32 bits per heavy atom. The van der Waals surface area contributed by atoms with Gasteiger partial charge in [-0.1, -0.05) is 187 Å². The number of halogens is 3. The van der Waals surface area contributed by atoms with E-state index >= 15 is 0 Å². The normalized spacial score (nSPS) is 9.83. The average molecular weight is 2240 g/mol. The number of nitro groups is 2. The summed E-state index contributed by atoms with van der Waals surface area (Å²) in [6.07, 6.45) is 0. The van der Waals surface area contributed by atoms with Crippen molar-refractivity contribution in [3.05, 3.63) is 328 Å². The number of isothiocyanates is 1. The van der Waals surface area contributed by atoms with Crippen LogP contribution in [0, 0.1) is 31.6 Å². The van der Waals surface area contributed by atoms with Gasteiger partial charge >= 0.3 is 52.2 Å². The summed E-state index contributed by atoms with van der Waals surface area (Å²) in [7, 11) is 24.5. The Bertz CT molecular complexity index is 6420. The molecule has 0 bridgehead atoms. The molecule has 36 nitrogen and oxygen atoms in total. The van der Waals surface area contributed by atoms with Gasteiger partial charge in [-0.25, -0.2) is 14.6 Å². The SMILES string of the molecule is C.C.CC#N.CN(C)CCO.CN(C)CCOc1ccccc1N.CN(C)CCOc1ccccc1NC(=S)NC(=O)c1ccccc1.CN(C)CCOc1ccccc1NC(N)=S.CN(C)CCOc1ccccc1Nc1nc(-c2cc3cccc(Cl)c3oc2=O)cs1.CN(C)CCOc1ccccc1[N+](=O)[O-].C[O-].O=C(CBr)c1cc2cccc(Cl)c2oc1=O.O=C(N=C=S)c1ccccc1.O=[N+]([O-])c1ccccc1O.[Na+]. The summed E-state index contributed by atoms with van der Waals surface area (Å²) in [5.74, 6) is 2.08. The molecule has 149 heavy (non-hydrogen) atoms. The van der Waals surface area contributed by atoms with Crippen molar-refractivity contribution in [2.45, 2.75) is 21.8 Å². The maximum Gasteiger partial charge on any atom is 1.00 e. The van der Waals surface area contributed by atoms with Crippen molar-refractivity contribution in [2.24, 2.45) is 10.7 Å². The number of nitrogens with two attached hydrogens (primary N) is 2. The van der Waals surface area contributed by atoms with Crippen molar-refractivity contribution in [3.8, 4) is 51.8 Å². The summed E-state index contributed by atoms with van der Waals surface area (Å²) in [4.78, 5) is 98.1. The molecule has 0 saturated carbocycles. The van der Waals surface area contributed by atoms with Crippen molar-refractivity contribution in [1.29, 1.82) is 5.26 Å². The number of hydrogen-bond acceptors (Lipinski definition) is 33. The van der Waals surface area contributed by atoms with Crippen LogP contribution < -0.4 is 102 Å². The molecule has 0 aliphatic rings. The number of alkyl halides is 1. The summed E-state index contributed by atoms with van der Waals surface area (Å²) in [5.41, 5.74) is 15.5. The number of likely N-dealkylation sites (N-methyl/N-ethyl adjacent to an activating group) is 6. The Labute approximate surface area is 930 Å². The molecule has 10 aromatic carbocycles. The molecule has 0 aliphatic heterocycles. The van der Waals surface area contributed by atoms with Gasteiger partial charge < -0.3 is 105 Å². The zero-order chi connectivity index (χ0) is 108. The van der Waals surface area contributed by atoms with Gasteiger partial charge in [-0.2, -0.15) is 17.4 Å². The maximum atomic E-state index is 12.5. The number of phenols is 1. The second-order valence-electron chi connectivity index (χ2n) is 31.1. The number of amides is 2. The number of nitrogens with zero attached hydrogens (tertiary/aromatic N) is 11. The Balaban J connectivity index is 0.00000169. The molecule has 2 amide bonds. The fourth-order valence-electron chi connectivity index (χ4n) is 10.9. The molecule has 0 saturated heterocycles. The molecule has 0 unspecified atom stereocenters. The number of hydrogen-bond donors (Lipinski definition) is 8. The number of nitriles is 1. The molecule has 3 heterocycles. The fourth-order valence-corrected chi connectivity index (χ4v) is 12.8. The first kappa shape index (κ1) is 136. The van der Waals surface area contributed by atoms with E-state index in [0.29, 0.717) is 104 Å². The molecular weight excluding hydrogens is 2110 g/mol. The van der Waals surface area contributed by atoms with Crippen LogP contribution in [0.4, 0.5) is 39.3 Å².